The normalized spacial score (nSPS) is 15.6. The molecule has 2 N–H and O–H groups in total. The van der Waals surface area contributed by atoms with Crippen molar-refractivity contribution in [2.45, 2.75) is 50.0 Å². The average molecular weight is 449 g/mol. The highest BCUT2D eigenvalue weighted by Crippen LogP contribution is 2.29. The molecule has 0 fully saturated rings. The average Bonchev–Trinajstić information content (AvgIpc) is 2.80. The summed E-state index contributed by atoms with van der Waals surface area (Å²) in [5, 5.41) is 3.17. The monoisotopic (exact) mass is 448 g/mol. The molecule has 6 heteroatoms. The third kappa shape index (κ3) is 5.37. The Balaban J connectivity index is 1.33. The highest BCUT2D eigenvalue weighted by atomic mass is 32.2. The summed E-state index contributed by atoms with van der Waals surface area (Å²) in [5.74, 6) is 0.0180. The van der Waals surface area contributed by atoms with Gasteiger partial charge in [-0.1, -0.05) is 54.1 Å². The van der Waals surface area contributed by atoms with E-state index in [1.165, 1.54) is 11.1 Å². The van der Waals surface area contributed by atoms with Gasteiger partial charge in [0.1, 0.15) is 0 Å². The van der Waals surface area contributed by atoms with Crippen molar-refractivity contribution in [2.24, 2.45) is 0 Å². The minimum atomic E-state index is -3.65. The Labute approximate surface area is 189 Å². The van der Waals surface area contributed by atoms with Crippen LogP contribution in [0.5, 0.6) is 0 Å². The maximum Gasteiger partial charge on any atom is 0.261 e. The molecule has 1 amide bonds. The lowest BCUT2D eigenvalue weighted by Gasteiger charge is -2.26. The van der Waals surface area contributed by atoms with Crippen molar-refractivity contribution in [3.63, 3.8) is 0 Å². The van der Waals surface area contributed by atoms with Gasteiger partial charge in [-0.3, -0.25) is 9.52 Å². The summed E-state index contributed by atoms with van der Waals surface area (Å²) in [6, 6.07) is 22.3. The maximum absolute atomic E-state index is 12.6. The first kappa shape index (κ1) is 22.1. The molecule has 1 atom stereocenters. The molecule has 166 valence electrons. The van der Waals surface area contributed by atoms with Crippen molar-refractivity contribution in [1.29, 1.82) is 0 Å². The molecule has 3 aromatic carbocycles. The van der Waals surface area contributed by atoms with Gasteiger partial charge in [-0.15, -0.1) is 0 Å². The minimum absolute atomic E-state index is 0.0180. The van der Waals surface area contributed by atoms with Gasteiger partial charge < -0.3 is 5.32 Å². The molecule has 0 radical (unpaired) electrons. The molecular formula is C26H28N2O3S. The number of hydrogen-bond acceptors (Lipinski definition) is 3. The van der Waals surface area contributed by atoms with E-state index < -0.39 is 10.0 Å². The topological polar surface area (TPSA) is 75.3 Å². The van der Waals surface area contributed by atoms with Crippen LogP contribution < -0.4 is 10.0 Å². The van der Waals surface area contributed by atoms with E-state index in [0.29, 0.717) is 18.5 Å². The lowest BCUT2D eigenvalue weighted by Crippen LogP contribution is -2.31. The fourth-order valence-electron chi connectivity index (χ4n) is 4.10. The molecule has 5 nitrogen and oxygen atoms in total. The summed E-state index contributed by atoms with van der Waals surface area (Å²) in [5.41, 5.74) is 5.07. The van der Waals surface area contributed by atoms with Crippen LogP contribution in [0.1, 0.15) is 47.6 Å². The quantitative estimate of drug-likeness (QED) is 0.539. The maximum atomic E-state index is 12.6. The van der Waals surface area contributed by atoms with Crippen LogP contribution in [0.15, 0.2) is 77.7 Å². The van der Waals surface area contributed by atoms with Crippen LogP contribution in [-0.2, 0) is 27.7 Å². The summed E-state index contributed by atoms with van der Waals surface area (Å²) < 4.78 is 27.8. The van der Waals surface area contributed by atoms with Gasteiger partial charge in [0.05, 0.1) is 10.9 Å². The predicted octanol–water partition coefficient (Wildman–Crippen LogP) is 4.92. The molecule has 0 spiro atoms. The smallest absolute Gasteiger partial charge is 0.261 e. The lowest BCUT2D eigenvalue weighted by atomic mass is 9.87. The van der Waals surface area contributed by atoms with Crippen LogP contribution in [0.25, 0.3) is 0 Å². The molecule has 0 saturated carbocycles. The van der Waals surface area contributed by atoms with E-state index in [1.807, 2.05) is 31.2 Å². The summed E-state index contributed by atoms with van der Waals surface area (Å²) in [4.78, 5) is 12.7. The van der Waals surface area contributed by atoms with Gasteiger partial charge in [-0.25, -0.2) is 8.42 Å². The number of carbonyl (C=O) groups is 1. The Morgan fingerprint density at radius 2 is 1.69 bits per heavy atom. The second-order valence-electron chi connectivity index (χ2n) is 8.33. The van der Waals surface area contributed by atoms with E-state index in [-0.39, 0.29) is 16.8 Å². The van der Waals surface area contributed by atoms with Crippen molar-refractivity contribution < 1.29 is 13.2 Å². The molecular weight excluding hydrogens is 420 g/mol. The van der Waals surface area contributed by atoms with Gasteiger partial charge in [0.15, 0.2) is 0 Å². The standard InChI is InChI=1S/C26H28N2O3S/c1-19-9-14-22(15-10-19)28-32(30,31)23-16-11-20(12-17-23)13-18-26(29)27-25-8-4-6-21-5-2-3-7-24(21)25/h2-3,5,7,9-12,14-17,25,28H,4,6,8,13,18H2,1H3,(H,27,29). The van der Waals surface area contributed by atoms with E-state index >= 15 is 0 Å². The van der Waals surface area contributed by atoms with E-state index in [4.69, 9.17) is 0 Å². The third-order valence-corrected chi connectivity index (χ3v) is 7.28. The fraction of sp³-hybridized carbons (Fsp3) is 0.269. The molecule has 1 unspecified atom stereocenters. The van der Waals surface area contributed by atoms with Crippen LogP contribution in [0, 0.1) is 6.92 Å². The SMILES string of the molecule is Cc1ccc(NS(=O)(=O)c2ccc(CCC(=O)NC3CCCc4ccccc43)cc2)cc1. The predicted molar refractivity (Wildman–Crippen MR) is 127 cm³/mol. The van der Waals surface area contributed by atoms with Gasteiger partial charge in [0.2, 0.25) is 5.91 Å². The van der Waals surface area contributed by atoms with E-state index in [0.717, 1.165) is 30.4 Å². The third-order valence-electron chi connectivity index (χ3n) is 5.88. The van der Waals surface area contributed by atoms with Crippen LogP contribution in [0.3, 0.4) is 0 Å². The van der Waals surface area contributed by atoms with Crippen molar-refractivity contribution in [3.8, 4) is 0 Å². The number of anilines is 1. The van der Waals surface area contributed by atoms with E-state index in [1.54, 1.807) is 36.4 Å². The zero-order valence-corrected chi connectivity index (χ0v) is 19.0. The first-order valence-electron chi connectivity index (χ1n) is 11.0. The highest BCUT2D eigenvalue weighted by Gasteiger charge is 2.21. The van der Waals surface area contributed by atoms with Crippen LogP contribution in [0.4, 0.5) is 5.69 Å². The van der Waals surface area contributed by atoms with Gasteiger partial charge in [-0.2, -0.15) is 0 Å². The molecule has 0 aliphatic heterocycles. The van der Waals surface area contributed by atoms with Crippen molar-refractivity contribution in [1.82, 2.24) is 5.32 Å². The van der Waals surface area contributed by atoms with Gasteiger partial charge in [0, 0.05) is 12.1 Å². The number of sulfonamides is 1. The Hall–Kier alpha value is -3.12. The van der Waals surface area contributed by atoms with Gasteiger partial charge in [0.25, 0.3) is 10.0 Å². The highest BCUT2D eigenvalue weighted by molar-refractivity contribution is 7.92. The molecule has 0 aromatic heterocycles. The van der Waals surface area contributed by atoms with Gasteiger partial charge >= 0.3 is 0 Å². The van der Waals surface area contributed by atoms with Crippen LogP contribution >= 0.6 is 0 Å². The Bertz CT molecular complexity index is 1190. The molecule has 1 aliphatic rings. The Morgan fingerprint density at radius 3 is 2.44 bits per heavy atom. The first-order chi connectivity index (χ1) is 15.4. The molecule has 3 aromatic rings. The first-order valence-corrected chi connectivity index (χ1v) is 12.4. The van der Waals surface area contributed by atoms with Crippen molar-refractivity contribution in [2.75, 3.05) is 4.72 Å². The van der Waals surface area contributed by atoms with Crippen molar-refractivity contribution >= 4 is 21.6 Å². The zero-order valence-electron chi connectivity index (χ0n) is 18.2. The minimum Gasteiger partial charge on any atom is -0.349 e. The number of nitrogens with one attached hydrogen (secondary N) is 2. The number of rotatable bonds is 7. The number of aryl methyl sites for hydroxylation is 3. The van der Waals surface area contributed by atoms with E-state index in [2.05, 4.69) is 22.2 Å². The fourth-order valence-corrected chi connectivity index (χ4v) is 5.16. The number of fused-ring (bicyclic) bond motifs is 1. The number of hydrogen-bond donors (Lipinski definition) is 2. The number of carbonyl (C=O) groups excluding carboxylic acids is 1. The number of benzene rings is 3. The molecule has 0 heterocycles. The summed E-state index contributed by atoms with van der Waals surface area (Å²) in [6.07, 6.45) is 4.03. The van der Waals surface area contributed by atoms with Gasteiger partial charge in [-0.05, 0) is 73.6 Å². The zero-order chi connectivity index (χ0) is 22.6. The lowest BCUT2D eigenvalue weighted by molar-refractivity contribution is -0.121. The summed E-state index contributed by atoms with van der Waals surface area (Å²) in [6.45, 7) is 1.95. The van der Waals surface area contributed by atoms with E-state index in [9.17, 15) is 13.2 Å². The Kier molecular flexibility index (Phi) is 6.61. The second-order valence-corrected chi connectivity index (χ2v) is 10.0. The molecule has 1 aliphatic carbocycles. The summed E-state index contributed by atoms with van der Waals surface area (Å²) in [7, 11) is -3.65. The second kappa shape index (κ2) is 9.57. The van der Waals surface area contributed by atoms with Crippen LogP contribution in [-0.4, -0.2) is 14.3 Å². The molecule has 4 rings (SSSR count). The molecule has 0 saturated heterocycles. The molecule has 32 heavy (non-hydrogen) atoms. The Morgan fingerprint density at radius 1 is 0.969 bits per heavy atom. The van der Waals surface area contributed by atoms with Crippen LogP contribution in [0.2, 0.25) is 0 Å². The summed E-state index contributed by atoms with van der Waals surface area (Å²) >= 11 is 0. The largest absolute Gasteiger partial charge is 0.349 e. The molecule has 0 bridgehead atoms. The van der Waals surface area contributed by atoms with Crippen molar-refractivity contribution in [3.05, 3.63) is 95.1 Å². The number of amides is 1.